The topological polar surface area (TPSA) is 20.3 Å². The van der Waals surface area contributed by atoms with Crippen LogP contribution in [0.1, 0.15) is 20.8 Å². The first-order chi connectivity index (χ1) is 5.37. The molecule has 3 unspecified atom stereocenters. The van der Waals surface area contributed by atoms with E-state index in [-0.39, 0.29) is 72.4 Å². The molecular weight excluding hydrogens is 429 g/mol. The van der Waals surface area contributed by atoms with E-state index in [1.807, 2.05) is 25.9 Å². The zero-order valence-electron chi connectivity index (χ0n) is 11.2. The summed E-state index contributed by atoms with van der Waals surface area (Å²) in [7, 11) is 3.87. The molecule has 0 aliphatic rings. The number of carbonyl (C=O) groups is 1. The van der Waals surface area contributed by atoms with Crippen LogP contribution in [0.15, 0.2) is 0 Å². The second-order valence-corrected chi connectivity index (χ2v) is 3.86. The predicted octanol–water partition coefficient (Wildman–Crippen LogP) is 2.17. The van der Waals surface area contributed by atoms with E-state index in [0.717, 1.165) is 0 Å². The van der Waals surface area contributed by atoms with Gasteiger partial charge in [-0.05, 0) is 26.9 Å². The van der Waals surface area contributed by atoms with Crippen molar-refractivity contribution in [1.29, 1.82) is 0 Å². The van der Waals surface area contributed by atoms with Gasteiger partial charge in [-0.3, -0.25) is 9.69 Å². The zero-order valence-corrected chi connectivity index (χ0v) is 16.5. The van der Waals surface area contributed by atoms with Crippen molar-refractivity contribution < 1.29 is 44.4 Å². The van der Waals surface area contributed by atoms with Gasteiger partial charge >= 0.3 is 0 Å². The molecule has 0 amide bonds. The number of carbonyl (C=O) groups excluding carboxylic acids is 1. The number of hydrogen-bond acceptors (Lipinski definition) is 2. The van der Waals surface area contributed by atoms with Crippen molar-refractivity contribution in [3.63, 3.8) is 0 Å². The summed E-state index contributed by atoms with van der Waals surface area (Å²) < 4.78 is 0. The average Bonchev–Trinajstić information content (AvgIpc) is 1.85. The van der Waals surface area contributed by atoms with Gasteiger partial charge in [0.05, 0.1) is 6.04 Å². The molecule has 16 heavy (non-hydrogen) atoms. The van der Waals surface area contributed by atoms with E-state index in [4.69, 9.17) is 0 Å². The van der Waals surface area contributed by atoms with E-state index in [1.165, 1.54) is 0 Å². The molecule has 0 spiro atoms. The van der Waals surface area contributed by atoms with Crippen molar-refractivity contribution >= 4 is 19.3 Å². The van der Waals surface area contributed by atoms with E-state index >= 15 is 0 Å². The quantitative estimate of drug-likeness (QED) is 0.608. The Morgan fingerprint density at radius 2 is 1.56 bits per heavy atom. The first-order valence-corrected chi connectivity index (χ1v) is 4.38. The maximum atomic E-state index is 11.3. The largest absolute Gasteiger partial charge is 0.358 e. The van der Waals surface area contributed by atoms with Gasteiger partial charge in [0.1, 0.15) is 5.78 Å². The van der Waals surface area contributed by atoms with Crippen LogP contribution >= 0.6 is 13.5 Å². The number of nitrogens with zero attached hydrogens (tertiary/aromatic N) is 1. The molecule has 0 aliphatic carbocycles. The predicted molar refractivity (Wildman–Crippen MR) is 68.6 cm³/mol. The van der Waals surface area contributed by atoms with Crippen LogP contribution in [-0.2, 0) is 44.4 Å². The Labute approximate surface area is 135 Å². The van der Waals surface area contributed by atoms with Crippen LogP contribution in [0.2, 0.25) is 0 Å². The standard InChI is InChI=1S/C10H20NO.CH3.H2S.V.W/c1-7(2)8(3)10(9(4)12)11(5)6;;;;/h7-8,10H,1H2,2-6H3;1H3;1H2;;/q2*-1;;;. The van der Waals surface area contributed by atoms with Crippen molar-refractivity contribution in [2.75, 3.05) is 14.1 Å². The molecule has 0 bridgehead atoms. The van der Waals surface area contributed by atoms with E-state index < -0.39 is 0 Å². The molecule has 1 radical (unpaired) electrons. The van der Waals surface area contributed by atoms with E-state index in [1.54, 1.807) is 6.92 Å². The van der Waals surface area contributed by atoms with Crippen LogP contribution in [0.5, 0.6) is 0 Å². The van der Waals surface area contributed by atoms with Crippen molar-refractivity contribution in [2.24, 2.45) is 11.8 Å². The minimum absolute atomic E-state index is 0. The summed E-state index contributed by atoms with van der Waals surface area (Å²) in [6, 6.07) is 0.0116. The molecule has 0 N–H and O–H groups in total. The third-order valence-electron chi connectivity index (χ3n) is 2.37. The first-order valence-electron chi connectivity index (χ1n) is 4.38. The van der Waals surface area contributed by atoms with Crippen LogP contribution in [0.25, 0.3) is 0 Å². The summed E-state index contributed by atoms with van der Waals surface area (Å²) >= 11 is 0. The van der Waals surface area contributed by atoms with Crippen LogP contribution in [-0.4, -0.2) is 30.8 Å². The Kier molecular flexibility index (Phi) is 27.2. The number of likely N-dealkylation sites (N-methyl/N-ethyl adjacent to an activating group) is 1. The van der Waals surface area contributed by atoms with Crippen LogP contribution in [0.3, 0.4) is 0 Å². The molecule has 0 aromatic heterocycles. The van der Waals surface area contributed by atoms with Gasteiger partial charge in [-0.1, -0.05) is 13.8 Å². The SMILES string of the molecule is S.[CH2-]C(C)C(C)C(C(C)=O)N(C)C.[CH3-].[V].[W]. The maximum absolute atomic E-state index is 11.3. The van der Waals surface area contributed by atoms with E-state index in [0.29, 0.717) is 11.8 Å². The smallest absolute Gasteiger partial charge is 0.147 e. The van der Waals surface area contributed by atoms with Gasteiger partial charge in [0.2, 0.25) is 0 Å². The second-order valence-electron chi connectivity index (χ2n) is 3.86. The van der Waals surface area contributed by atoms with Crippen molar-refractivity contribution in [3.8, 4) is 0 Å². The first kappa shape index (κ1) is 30.4. The number of Topliss-reactive ketones (excluding diaryl/α,β-unsaturated/α-hetero) is 1. The normalized spacial score (nSPS) is 14.2. The van der Waals surface area contributed by atoms with E-state index in [2.05, 4.69) is 13.8 Å². The third-order valence-corrected chi connectivity index (χ3v) is 2.37. The third kappa shape index (κ3) is 10.4. The maximum Gasteiger partial charge on any atom is 0.147 e. The Bertz CT molecular complexity index is 168. The molecule has 0 aromatic rings. The fourth-order valence-electron chi connectivity index (χ4n) is 1.52. The van der Waals surface area contributed by atoms with Crippen molar-refractivity contribution in [1.82, 2.24) is 4.90 Å². The molecule has 0 aliphatic heterocycles. The van der Waals surface area contributed by atoms with Gasteiger partial charge in [-0.15, -0.1) is 0 Å². The molecule has 5 heteroatoms. The van der Waals surface area contributed by atoms with Gasteiger partial charge in [-0.25, -0.2) is 0 Å². The molecule has 99 valence electrons. The molecule has 0 fully saturated rings. The van der Waals surface area contributed by atoms with Gasteiger partial charge in [0, 0.05) is 39.6 Å². The van der Waals surface area contributed by atoms with Crippen LogP contribution in [0, 0.1) is 26.2 Å². The van der Waals surface area contributed by atoms with Gasteiger partial charge < -0.3 is 14.4 Å². The summed E-state index contributed by atoms with van der Waals surface area (Å²) in [5.74, 6) is 0.849. The molecule has 2 nitrogen and oxygen atoms in total. The second kappa shape index (κ2) is 14.3. The molecule has 0 heterocycles. The summed E-state index contributed by atoms with van der Waals surface area (Å²) in [4.78, 5) is 13.2. The molecule has 0 rings (SSSR count). The molecule has 0 aromatic carbocycles. The minimum Gasteiger partial charge on any atom is -0.358 e. The number of rotatable bonds is 4. The summed E-state index contributed by atoms with van der Waals surface area (Å²) in [6.07, 6.45) is 0. The molecule has 0 saturated carbocycles. The van der Waals surface area contributed by atoms with Crippen LogP contribution in [0.4, 0.5) is 0 Å². The Hall–Kier alpha value is 1.25. The Balaban J connectivity index is -0.000000101. The zero-order chi connectivity index (χ0) is 9.89. The minimum atomic E-state index is 0. The summed E-state index contributed by atoms with van der Waals surface area (Å²) in [6.45, 7) is 9.71. The monoisotopic (exact) mass is 454 g/mol. The van der Waals surface area contributed by atoms with Crippen LogP contribution < -0.4 is 0 Å². The van der Waals surface area contributed by atoms with Gasteiger partial charge in [0.15, 0.2) is 0 Å². The summed E-state index contributed by atoms with van der Waals surface area (Å²) in [5.41, 5.74) is 0. The average molecular weight is 454 g/mol. The Morgan fingerprint density at radius 3 is 1.62 bits per heavy atom. The number of hydrogen-bond donors (Lipinski definition) is 0. The summed E-state index contributed by atoms with van der Waals surface area (Å²) in [5, 5.41) is 0. The van der Waals surface area contributed by atoms with Gasteiger partial charge in [-0.2, -0.15) is 19.4 Å². The fourth-order valence-corrected chi connectivity index (χ4v) is 1.52. The van der Waals surface area contributed by atoms with Crippen molar-refractivity contribution in [3.05, 3.63) is 14.4 Å². The van der Waals surface area contributed by atoms with Gasteiger partial charge in [0.25, 0.3) is 0 Å². The molecular formula is C11H25NOSVW-2. The number of ketones is 1. The van der Waals surface area contributed by atoms with Crippen molar-refractivity contribution in [2.45, 2.75) is 26.8 Å². The van der Waals surface area contributed by atoms with E-state index in [9.17, 15) is 4.79 Å². The fraction of sp³-hybridized carbons (Fsp3) is 0.727. The Morgan fingerprint density at radius 1 is 1.25 bits per heavy atom. The molecule has 0 saturated heterocycles. The molecule has 3 atom stereocenters.